The molecule has 0 spiro atoms. The summed E-state index contributed by atoms with van der Waals surface area (Å²) in [6.07, 6.45) is 0. The molecule has 0 heterocycles. The Hall–Kier alpha value is -2.69. The lowest BCUT2D eigenvalue weighted by Crippen LogP contribution is -2.32. The highest BCUT2D eigenvalue weighted by molar-refractivity contribution is 5.90. The minimum Gasteiger partial charge on any atom is -0.494 e. The van der Waals surface area contributed by atoms with Crippen LogP contribution in [0.25, 0.3) is 0 Å². The molecule has 2 rings (SSSR count). The number of hydrogen-bond acceptors (Lipinski definition) is 3. The third kappa shape index (κ3) is 5.41. The van der Waals surface area contributed by atoms with Gasteiger partial charge in [0.2, 0.25) is 0 Å². The smallest absolute Gasteiger partial charge is 0.319 e. The van der Waals surface area contributed by atoms with Crippen molar-refractivity contribution in [2.75, 3.05) is 25.1 Å². The second kappa shape index (κ2) is 8.97. The van der Waals surface area contributed by atoms with Gasteiger partial charge in [-0.25, -0.2) is 4.79 Å². The molecule has 2 N–H and O–H groups in total. The maximum Gasteiger partial charge on any atom is 0.319 e. The molecule has 0 aliphatic rings. The molecular weight excluding hydrogens is 316 g/mol. The third-order valence-electron chi connectivity index (χ3n) is 3.80. The standard InChI is InChI=1S/C20H26N2O3/c1-5-24-17-9-10-18(16(4)13-17)22-20(23)21-11-12-25-19-14(2)7-6-8-15(19)3/h6-10,13H,5,11-12H2,1-4H3,(H2,21,22,23). The zero-order valence-corrected chi connectivity index (χ0v) is 15.3. The first-order valence-electron chi connectivity index (χ1n) is 8.48. The second-order valence-electron chi connectivity index (χ2n) is 5.86. The number of amides is 2. The van der Waals surface area contributed by atoms with Gasteiger partial charge in [0.1, 0.15) is 18.1 Å². The lowest BCUT2D eigenvalue weighted by Gasteiger charge is -2.13. The van der Waals surface area contributed by atoms with E-state index in [1.165, 1.54) is 0 Å². The molecule has 0 unspecified atom stereocenters. The van der Waals surface area contributed by atoms with Gasteiger partial charge < -0.3 is 20.1 Å². The van der Waals surface area contributed by atoms with Gasteiger partial charge >= 0.3 is 6.03 Å². The lowest BCUT2D eigenvalue weighted by molar-refractivity contribution is 0.247. The molecule has 5 nitrogen and oxygen atoms in total. The molecule has 0 fully saturated rings. The molecule has 0 aromatic heterocycles. The fourth-order valence-corrected chi connectivity index (χ4v) is 2.54. The Morgan fingerprint density at radius 3 is 2.36 bits per heavy atom. The number of para-hydroxylation sites is 1. The van der Waals surface area contributed by atoms with Crippen molar-refractivity contribution in [3.05, 3.63) is 53.1 Å². The molecule has 2 amide bonds. The number of nitrogens with one attached hydrogen (secondary N) is 2. The SMILES string of the molecule is CCOc1ccc(NC(=O)NCCOc2c(C)cccc2C)c(C)c1. The van der Waals surface area contributed by atoms with Crippen LogP contribution < -0.4 is 20.1 Å². The van der Waals surface area contributed by atoms with Crippen LogP contribution in [0.15, 0.2) is 36.4 Å². The van der Waals surface area contributed by atoms with Crippen molar-refractivity contribution in [3.63, 3.8) is 0 Å². The van der Waals surface area contributed by atoms with E-state index in [1.54, 1.807) is 0 Å². The van der Waals surface area contributed by atoms with Gasteiger partial charge in [0.25, 0.3) is 0 Å². The molecule has 25 heavy (non-hydrogen) atoms. The first kappa shape index (κ1) is 18.6. The van der Waals surface area contributed by atoms with Crippen LogP contribution in [0.1, 0.15) is 23.6 Å². The Morgan fingerprint density at radius 2 is 1.72 bits per heavy atom. The number of urea groups is 1. The zero-order valence-electron chi connectivity index (χ0n) is 15.3. The third-order valence-corrected chi connectivity index (χ3v) is 3.80. The van der Waals surface area contributed by atoms with Crippen molar-refractivity contribution < 1.29 is 14.3 Å². The van der Waals surface area contributed by atoms with Gasteiger partial charge in [-0.2, -0.15) is 0 Å². The average Bonchev–Trinajstić information content (AvgIpc) is 2.56. The van der Waals surface area contributed by atoms with Gasteiger partial charge in [-0.1, -0.05) is 18.2 Å². The molecule has 0 aliphatic heterocycles. The van der Waals surface area contributed by atoms with Crippen LogP contribution in [0.5, 0.6) is 11.5 Å². The van der Waals surface area contributed by atoms with E-state index in [4.69, 9.17) is 9.47 Å². The molecule has 0 saturated heterocycles. The van der Waals surface area contributed by atoms with Crippen LogP contribution >= 0.6 is 0 Å². The van der Waals surface area contributed by atoms with Crippen molar-refractivity contribution in [2.24, 2.45) is 0 Å². The van der Waals surface area contributed by atoms with E-state index in [9.17, 15) is 4.79 Å². The highest BCUT2D eigenvalue weighted by atomic mass is 16.5. The van der Waals surface area contributed by atoms with Crippen molar-refractivity contribution >= 4 is 11.7 Å². The summed E-state index contributed by atoms with van der Waals surface area (Å²) in [5.74, 6) is 1.68. The van der Waals surface area contributed by atoms with E-state index in [0.29, 0.717) is 19.8 Å². The van der Waals surface area contributed by atoms with Gasteiger partial charge in [-0.3, -0.25) is 0 Å². The van der Waals surface area contributed by atoms with E-state index in [2.05, 4.69) is 10.6 Å². The molecule has 0 atom stereocenters. The minimum atomic E-state index is -0.252. The molecule has 5 heteroatoms. The number of ether oxygens (including phenoxy) is 2. The zero-order chi connectivity index (χ0) is 18.2. The maximum absolute atomic E-state index is 12.0. The highest BCUT2D eigenvalue weighted by Crippen LogP contribution is 2.22. The first-order chi connectivity index (χ1) is 12.0. The number of carbonyl (C=O) groups is 1. The second-order valence-corrected chi connectivity index (χ2v) is 5.86. The van der Waals surface area contributed by atoms with Gasteiger partial charge in [0.05, 0.1) is 13.2 Å². The van der Waals surface area contributed by atoms with Crippen molar-refractivity contribution in [3.8, 4) is 11.5 Å². The minimum absolute atomic E-state index is 0.252. The Labute approximate surface area is 149 Å². The van der Waals surface area contributed by atoms with E-state index >= 15 is 0 Å². The molecule has 2 aromatic rings. The quantitative estimate of drug-likeness (QED) is 0.741. The summed E-state index contributed by atoms with van der Waals surface area (Å²) in [5.41, 5.74) is 3.90. The number of hydrogen-bond donors (Lipinski definition) is 2. The van der Waals surface area contributed by atoms with Crippen molar-refractivity contribution in [1.82, 2.24) is 5.32 Å². The van der Waals surface area contributed by atoms with E-state index in [0.717, 1.165) is 33.9 Å². The lowest BCUT2D eigenvalue weighted by atomic mass is 10.1. The Morgan fingerprint density at radius 1 is 1.00 bits per heavy atom. The average molecular weight is 342 g/mol. The topological polar surface area (TPSA) is 59.6 Å². The normalized spacial score (nSPS) is 10.2. The van der Waals surface area contributed by atoms with Crippen LogP contribution in [0.3, 0.4) is 0 Å². The van der Waals surface area contributed by atoms with Crippen molar-refractivity contribution in [1.29, 1.82) is 0 Å². The van der Waals surface area contributed by atoms with Crippen LogP contribution in [-0.4, -0.2) is 25.8 Å². The fourth-order valence-electron chi connectivity index (χ4n) is 2.54. The van der Waals surface area contributed by atoms with Gasteiger partial charge in [0, 0.05) is 5.69 Å². The molecule has 2 aromatic carbocycles. The van der Waals surface area contributed by atoms with Crippen LogP contribution in [0, 0.1) is 20.8 Å². The summed E-state index contributed by atoms with van der Waals surface area (Å²) in [4.78, 5) is 12.0. The summed E-state index contributed by atoms with van der Waals surface area (Å²) in [6, 6.07) is 11.4. The molecule has 134 valence electrons. The number of aryl methyl sites for hydroxylation is 3. The Kier molecular flexibility index (Phi) is 6.69. The Bertz CT molecular complexity index is 709. The van der Waals surface area contributed by atoms with E-state index in [1.807, 2.05) is 64.1 Å². The number of benzene rings is 2. The number of carbonyl (C=O) groups excluding carboxylic acids is 1. The Balaban J connectivity index is 1.79. The number of anilines is 1. The molecule has 0 saturated carbocycles. The summed E-state index contributed by atoms with van der Waals surface area (Å²) >= 11 is 0. The van der Waals surface area contributed by atoms with Gasteiger partial charge in [0.15, 0.2) is 0 Å². The predicted molar refractivity (Wildman–Crippen MR) is 101 cm³/mol. The molecule has 0 aliphatic carbocycles. The fraction of sp³-hybridized carbons (Fsp3) is 0.350. The summed E-state index contributed by atoms with van der Waals surface area (Å²) in [7, 11) is 0. The van der Waals surface area contributed by atoms with Gasteiger partial charge in [-0.05, 0) is 62.6 Å². The first-order valence-corrected chi connectivity index (χ1v) is 8.48. The summed E-state index contributed by atoms with van der Waals surface area (Å²) in [6.45, 7) is 9.36. The largest absolute Gasteiger partial charge is 0.494 e. The van der Waals surface area contributed by atoms with E-state index < -0.39 is 0 Å². The highest BCUT2D eigenvalue weighted by Gasteiger charge is 2.06. The van der Waals surface area contributed by atoms with E-state index in [-0.39, 0.29) is 6.03 Å². The monoisotopic (exact) mass is 342 g/mol. The molecule has 0 bridgehead atoms. The summed E-state index contributed by atoms with van der Waals surface area (Å²) in [5, 5.41) is 5.64. The predicted octanol–water partition coefficient (Wildman–Crippen LogP) is 4.21. The van der Waals surface area contributed by atoms with Gasteiger partial charge in [-0.15, -0.1) is 0 Å². The molecule has 0 radical (unpaired) electrons. The van der Waals surface area contributed by atoms with Crippen molar-refractivity contribution in [2.45, 2.75) is 27.7 Å². The van der Waals surface area contributed by atoms with Crippen LogP contribution in [0.4, 0.5) is 10.5 Å². The van der Waals surface area contributed by atoms with Crippen LogP contribution in [-0.2, 0) is 0 Å². The molecular formula is C20H26N2O3. The van der Waals surface area contributed by atoms with Crippen LogP contribution in [0.2, 0.25) is 0 Å². The summed E-state index contributed by atoms with van der Waals surface area (Å²) < 4.78 is 11.2. The number of rotatable bonds is 7. The maximum atomic E-state index is 12.0.